The van der Waals surface area contributed by atoms with Crippen molar-refractivity contribution in [3.63, 3.8) is 0 Å². The van der Waals surface area contributed by atoms with Crippen LogP contribution in [0.25, 0.3) is 5.69 Å². The van der Waals surface area contributed by atoms with Crippen LogP contribution in [0, 0.1) is 17.0 Å². The van der Waals surface area contributed by atoms with E-state index in [1.807, 2.05) is 0 Å². The molecule has 0 saturated carbocycles. The van der Waals surface area contributed by atoms with Crippen LogP contribution in [-0.2, 0) is 0 Å². The first-order valence-electron chi connectivity index (χ1n) is 4.65. The maximum absolute atomic E-state index is 10.9. The van der Waals surface area contributed by atoms with Gasteiger partial charge in [-0.25, -0.2) is 4.68 Å². The Balaban J connectivity index is 2.67. The number of rotatable bonds is 2. The number of aromatic nitrogens is 2. The molecule has 0 saturated heterocycles. The molecule has 6 heteroatoms. The fourth-order valence-electron chi connectivity index (χ4n) is 1.55. The highest BCUT2D eigenvalue weighted by atomic mass is 16.6. The SMILES string of the molecule is Cc1cccc([N+](=O)[O-])c1-n1ccc(N)n1. The van der Waals surface area contributed by atoms with Crippen molar-refractivity contribution in [2.24, 2.45) is 0 Å². The molecule has 0 aliphatic carbocycles. The van der Waals surface area contributed by atoms with Gasteiger partial charge in [0, 0.05) is 18.3 Å². The second-order valence-corrected chi connectivity index (χ2v) is 3.38. The zero-order valence-corrected chi connectivity index (χ0v) is 8.62. The molecule has 0 atom stereocenters. The van der Waals surface area contributed by atoms with Crippen molar-refractivity contribution in [1.82, 2.24) is 9.78 Å². The molecule has 2 rings (SSSR count). The highest BCUT2D eigenvalue weighted by molar-refractivity contribution is 5.57. The molecule has 1 heterocycles. The predicted octanol–water partition coefficient (Wildman–Crippen LogP) is 1.67. The van der Waals surface area contributed by atoms with Gasteiger partial charge in [-0.2, -0.15) is 5.10 Å². The topological polar surface area (TPSA) is 87.0 Å². The first kappa shape index (κ1) is 10.2. The lowest BCUT2D eigenvalue weighted by Gasteiger charge is -2.05. The molecule has 6 nitrogen and oxygen atoms in total. The van der Waals surface area contributed by atoms with Crippen LogP contribution in [0.1, 0.15) is 5.56 Å². The van der Waals surface area contributed by atoms with Gasteiger partial charge in [0.25, 0.3) is 5.69 Å². The average Bonchev–Trinajstić information content (AvgIpc) is 2.64. The molecule has 0 fully saturated rings. The molecular weight excluding hydrogens is 208 g/mol. The van der Waals surface area contributed by atoms with E-state index in [-0.39, 0.29) is 5.69 Å². The van der Waals surface area contributed by atoms with E-state index >= 15 is 0 Å². The van der Waals surface area contributed by atoms with Gasteiger partial charge in [-0.1, -0.05) is 12.1 Å². The summed E-state index contributed by atoms with van der Waals surface area (Å²) in [6.45, 7) is 1.79. The van der Waals surface area contributed by atoms with Crippen LogP contribution in [-0.4, -0.2) is 14.7 Å². The third kappa shape index (κ3) is 1.60. The number of anilines is 1. The molecule has 0 aliphatic heterocycles. The Morgan fingerprint density at radius 2 is 2.19 bits per heavy atom. The van der Waals surface area contributed by atoms with E-state index in [0.717, 1.165) is 5.56 Å². The molecule has 1 aromatic carbocycles. The highest BCUT2D eigenvalue weighted by Gasteiger charge is 2.17. The van der Waals surface area contributed by atoms with Crippen molar-refractivity contribution in [2.45, 2.75) is 6.92 Å². The Kier molecular flexibility index (Phi) is 2.32. The van der Waals surface area contributed by atoms with Gasteiger partial charge in [0.05, 0.1) is 4.92 Å². The summed E-state index contributed by atoms with van der Waals surface area (Å²) in [5.74, 6) is 0.331. The van der Waals surface area contributed by atoms with E-state index in [1.165, 1.54) is 10.7 Å². The van der Waals surface area contributed by atoms with Gasteiger partial charge in [0.15, 0.2) is 0 Å². The lowest BCUT2D eigenvalue weighted by molar-refractivity contribution is -0.384. The van der Waals surface area contributed by atoms with Crippen molar-refractivity contribution >= 4 is 11.5 Å². The number of nitrogens with two attached hydrogens (primary N) is 1. The van der Waals surface area contributed by atoms with Crippen LogP contribution in [0.3, 0.4) is 0 Å². The number of para-hydroxylation sites is 1. The minimum absolute atomic E-state index is 0.0168. The number of nitro benzene ring substituents is 1. The second-order valence-electron chi connectivity index (χ2n) is 3.38. The summed E-state index contributed by atoms with van der Waals surface area (Å²) in [7, 11) is 0. The maximum atomic E-state index is 10.9. The highest BCUT2D eigenvalue weighted by Crippen LogP contribution is 2.25. The first-order chi connectivity index (χ1) is 7.59. The molecule has 0 unspecified atom stereocenters. The number of aryl methyl sites for hydroxylation is 1. The molecule has 2 N–H and O–H groups in total. The van der Waals surface area contributed by atoms with Crippen LogP contribution in [0.15, 0.2) is 30.5 Å². The van der Waals surface area contributed by atoms with Crippen molar-refractivity contribution < 1.29 is 4.92 Å². The van der Waals surface area contributed by atoms with Gasteiger partial charge in [-0.05, 0) is 12.5 Å². The Morgan fingerprint density at radius 3 is 2.75 bits per heavy atom. The number of nitro groups is 1. The summed E-state index contributed by atoms with van der Waals surface area (Å²) in [5, 5.41) is 14.9. The smallest absolute Gasteiger partial charge is 0.295 e. The zero-order valence-electron chi connectivity index (χ0n) is 8.62. The van der Waals surface area contributed by atoms with E-state index in [9.17, 15) is 10.1 Å². The standard InChI is InChI=1S/C10H10N4O2/c1-7-3-2-4-8(14(15)16)10(7)13-6-5-9(11)12-13/h2-6H,1H3,(H2,11,12). The first-order valence-corrected chi connectivity index (χ1v) is 4.65. The van der Waals surface area contributed by atoms with Crippen LogP contribution in [0.5, 0.6) is 0 Å². The van der Waals surface area contributed by atoms with Gasteiger partial charge >= 0.3 is 0 Å². The summed E-state index contributed by atoms with van der Waals surface area (Å²) in [6, 6.07) is 6.47. The molecule has 0 aliphatic rings. The zero-order chi connectivity index (χ0) is 11.7. The predicted molar refractivity (Wildman–Crippen MR) is 59.4 cm³/mol. The van der Waals surface area contributed by atoms with E-state index in [1.54, 1.807) is 31.3 Å². The van der Waals surface area contributed by atoms with E-state index < -0.39 is 4.92 Å². The van der Waals surface area contributed by atoms with E-state index in [4.69, 9.17) is 5.73 Å². The van der Waals surface area contributed by atoms with Gasteiger partial charge < -0.3 is 5.73 Å². The quantitative estimate of drug-likeness (QED) is 0.613. The molecule has 0 spiro atoms. The Bertz CT molecular complexity index is 548. The van der Waals surface area contributed by atoms with Crippen LogP contribution < -0.4 is 5.73 Å². The lowest BCUT2D eigenvalue weighted by Crippen LogP contribution is -2.03. The molecule has 0 radical (unpaired) electrons. The van der Waals surface area contributed by atoms with Crippen molar-refractivity contribution in [1.29, 1.82) is 0 Å². The fraction of sp³-hybridized carbons (Fsp3) is 0.100. The third-order valence-electron chi connectivity index (χ3n) is 2.25. The third-order valence-corrected chi connectivity index (χ3v) is 2.25. The minimum Gasteiger partial charge on any atom is -0.382 e. The molecule has 0 bridgehead atoms. The van der Waals surface area contributed by atoms with E-state index in [0.29, 0.717) is 11.5 Å². The number of nitrogens with zero attached hydrogens (tertiary/aromatic N) is 3. The summed E-state index contributed by atoms with van der Waals surface area (Å²) in [5.41, 5.74) is 6.73. The number of benzene rings is 1. The summed E-state index contributed by atoms with van der Waals surface area (Å²) < 4.78 is 1.42. The largest absolute Gasteiger partial charge is 0.382 e. The lowest BCUT2D eigenvalue weighted by atomic mass is 10.2. The second kappa shape index (κ2) is 3.65. The van der Waals surface area contributed by atoms with Crippen LogP contribution in [0.2, 0.25) is 0 Å². The normalized spacial score (nSPS) is 10.3. The fourth-order valence-corrected chi connectivity index (χ4v) is 1.55. The molecule has 2 aromatic rings. The minimum atomic E-state index is -0.430. The van der Waals surface area contributed by atoms with Crippen molar-refractivity contribution in [3.05, 3.63) is 46.1 Å². The maximum Gasteiger partial charge on any atom is 0.295 e. The van der Waals surface area contributed by atoms with Gasteiger partial charge in [0.1, 0.15) is 11.5 Å². The van der Waals surface area contributed by atoms with Gasteiger partial charge in [0.2, 0.25) is 0 Å². The van der Waals surface area contributed by atoms with Crippen LogP contribution in [0.4, 0.5) is 11.5 Å². The molecule has 1 aromatic heterocycles. The number of nitrogen functional groups attached to an aromatic ring is 1. The number of hydrogen-bond acceptors (Lipinski definition) is 4. The molecule has 0 amide bonds. The Morgan fingerprint density at radius 1 is 1.44 bits per heavy atom. The Hall–Kier alpha value is -2.37. The molecular formula is C10H10N4O2. The molecule has 82 valence electrons. The number of hydrogen-bond donors (Lipinski definition) is 1. The van der Waals surface area contributed by atoms with Crippen LogP contribution >= 0.6 is 0 Å². The van der Waals surface area contributed by atoms with Gasteiger partial charge in [-0.3, -0.25) is 10.1 Å². The molecule has 16 heavy (non-hydrogen) atoms. The summed E-state index contributed by atoms with van der Waals surface area (Å²) in [6.07, 6.45) is 1.60. The average molecular weight is 218 g/mol. The Labute approximate surface area is 91.5 Å². The van der Waals surface area contributed by atoms with Gasteiger partial charge in [-0.15, -0.1) is 0 Å². The van der Waals surface area contributed by atoms with E-state index in [2.05, 4.69) is 5.10 Å². The summed E-state index contributed by atoms with van der Waals surface area (Å²) >= 11 is 0. The van der Waals surface area contributed by atoms with Crippen molar-refractivity contribution in [3.8, 4) is 5.69 Å². The summed E-state index contributed by atoms with van der Waals surface area (Å²) in [4.78, 5) is 10.5. The monoisotopic (exact) mass is 218 g/mol. The van der Waals surface area contributed by atoms with Crippen molar-refractivity contribution in [2.75, 3.05) is 5.73 Å².